The van der Waals surface area contributed by atoms with Gasteiger partial charge in [-0.15, -0.1) is 47.2 Å². The zero-order valence-corrected chi connectivity index (χ0v) is 37.4. The maximum Gasteiger partial charge on any atom is 0.162 e. The van der Waals surface area contributed by atoms with Crippen molar-refractivity contribution in [1.82, 2.24) is 9.97 Å². The minimum absolute atomic E-state index is 0. The summed E-state index contributed by atoms with van der Waals surface area (Å²) in [4.78, 5) is 21.0. The topological polar surface area (TPSA) is 89.4 Å². The molecule has 0 spiro atoms. The van der Waals surface area contributed by atoms with Crippen LogP contribution in [0.4, 0.5) is 0 Å². The van der Waals surface area contributed by atoms with Crippen molar-refractivity contribution in [2.45, 2.75) is 53.4 Å². The molecule has 1 radical (unpaired) electrons. The molecule has 8 aromatic carbocycles. The van der Waals surface area contributed by atoms with Crippen molar-refractivity contribution in [2.24, 2.45) is 11.8 Å². The summed E-state index contributed by atoms with van der Waals surface area (Å²) in [5.41, 5.74) is 5.58. The Kier molecular flexibility index (Phi) is 11.1. The maximum absolute atomic E-state index is 11.7. The van der Waals surface area contributed by atoms with E-state index in [4.69, 9.17) is 8.83 Å². The van der Waals surface area contributed by atoms with E-state index in [1.807, 2.05) is 76.5 Å². The monoisotopic (exact) mass is 989 g/mol. The van der Waals surface area contributed by atoms with Crippen molar-refractivity contribution < 1.29 is 38.8 Å². The standard InChI is InChI=1S/2C21H10NO.C13H24O2.Ir/c2*1-2-5-13-11-16-15(10-12(13)4-1)14-6-3-7-17-19(14)20-18(23-17)8-9-22-21(16)20;1-5-10(6-2)12(14)9-13(15)11(7-3)8-4;/h2*1-10H;9-11,14H,5-8H2,1-4H3;/q2*-1;;/b;;12-9-;. The van der Waals surface area contributed by atoms with Gasteiger partial charge in [-0.05, 0) is 60.7 Å². The van der Waals surface area contributed by atoms with Crippen LogP contribution in [-0.4, -0.2) is 20.9 Å². The predicted molar refractivity (Wildman–Crippen MR) is 252 cm³/mol. The van der Waals surface area contributed by atoms with Crippen molar-refractivity contribution in [3.63, 3.8) is 0 Å². The Morgan fingerprint density at radius 1 is 0.565 bits per heavy atom. The first-order valence-electron chi connectivity index (χ1n) is 21.4. The molecular weight excluding hydrogens is 945 g/mol. The number of aliphatic hydroxyl groups is 1. The third-order valence-electron chi connectivity index (χ3n) is 12.5. The Morgan fingerprint density at radius 2 is 1.00 bits per heavy atom. The SMILES string of the molecule is CCC(CC)C(=O)/C=C(\O)C(CC)CC.[Ir].[c-]1c2ccccc2cc2c1c1nccc3oc4cccc2c4c31.[c-]1c2ccccc2cc2c1c1nccc3oc4cccc2c4c31. The number of rotatable bonds is 7. The Balaban J connectivity index is 0.000000121. The van der Waals surface area contributed by atoms with Crippen LogP contribution in [0.15, 0.2) is 142 Å². The van der Waals surface area contributed by atoms with Gasteiger partial charge in [0.25, 0.3) is 0 Å². The molecule has 12 aromatic rings. The van der Waals surface area contributed by atoms with Gasteiger partial charge in [-0.3, -0.25) is 14.8 Å². The molecule has 0 aliphatic heterocycles. The third kappa shape index (κ3) is 6.81. The molecule has 7 heteroatoms. The molecule has 12 rings (SSSR count). The fourth-order valence-corrected chi connectivity index (χ4v) is 9.27. The van der Waals surface area contributed by atoms with Crippen molar-refractivity contribution in [3.05, 3.63) is 146 Å². The first-order valence-corrected chi connectivity index (χ1v) is 21.4. The molecule has 4 aromatic heterocycles. The fourth-order valence-electron chi connectivity index (χ4n) is 9.27. The Labute approximate surface area is 372 Å². The second-order valence-electron chi connectivity index (χ2n) is 15.9. The number of hydrogen-bond donors (Lipinski definition) is 1. The molecule has 0 atom stereocenters. The largest absolute Gasteiger partial charge is 0.512 e. The Hall–Kier alpha value is -6.40. The van der Waals surface area contributed by atoms with Gasteiger partial charge in [0.2, 0.25) is 0 Å². The van der Waals surface area contributed by atoms with E-state index in [1.165, 1.54) is 49.2 Å². The van der Waals surface area contributed by atoms with Gasteiger partial charge in [0, 0.05) is 83.0 Å². The number of carbonyl (C=O) groups excluding carboxylic acids is 1. The average Bonchev–Trinajstić information content (AvgIpc) is 3.88. The van der Waals surface area contributed by atoms with Gasteiger partial charge in [0.05, 0.1) is 5.76 Å². The predicted octanol–water partition coefficient (Wildman–Crippen LogP) is 15.2. The van der Waals surface area contributed by atoms with Gasteiger partial charge >= 0.3 is 0 Å². The molecule has 309 valence electrons. The summed E-state index contributed by atoms with van der Waals surface area (Å²) in [5, 5.41) is 25.8. The van der Waals surface area contributed by atoms with Gasteiger partial charge in [0.15, 0.2) is 5.78 Å². The summed E-state index contributed by atoms with van der Waals surface area (Å²) >= 11 is 0. The molecule has 62 heavy (non-hydrogen) atoms. The molecule has 0 aliphatic carbocycles. The van der Waals surface area contributed by atoms with Crippen molar-refractivity contribution in [2.75, 3.05) is 0 Å². The number of ketones is 1. The minimum Gasteiger partial charge on any atom is -0.512 e. The number of hydrogen-bond acceptors (Lipinski definition) is 6. The van der Waals surface area contributed by atoms with Crippen LogP contribution in [0.2, 0.25) is 0 Å². The van der Waals surface area contributed by atoms with Crippen LogP contribution in [0.5, 0.6) is 0 Å². The molecule has 4 heterocycles. The molecule has 0 aliphatic rings. The van der Waals surface area contributed by atoms with E-state index in [9.17, 15) is 9.90 Å². The average molecular weight is 989 g/mol. The smallest absolute Gasteiger partial charge is 0.162 e. The summed E-state index contributed by atoms with van der Waals surface area (Å²) < 4.78 is 12.1. The van der Waals surface area contributed by atoms with E-state index < -0.39 is 0 Å². The molecule has 0 amide bonds. The second kappa shape index (κ2) is 16.8. The molecular formula is C55H44IrN2O4-2. The van der Waals surface area contributed by atoms with Crippen molar-refractivity contribution in [3.8, 4) is 0 Å². The molecule has 0 fully saturated rings. The van der Waals surface area contributed by atoms with Crippen LogP contribution < -0.4 is 0 Å². The normalized spacial score (nSPS) is 12.2. The summed E-state index contributed by atoms with van der Waals surface area (Å²) in [6.45, 7) is 8.07. The molecule has 0 saturated heterocycles. The van der Waals surface area contributed by atoms with Crippen LogP contribution in [0, 0.1) is 24.0 Å². The van der Waals surface area contributed by atoms with E-state index in [-0.39, 0.29) is 43.5 Å². The van der Waals surface area contributed by atoms with E-state index in [0.717, 1.165) is 91.4 Å². The van der Waals surface area contributed by atoms with Crippen LogP contribution in [0.3, 0.4) is 0 Å². The van der Waals surface area contributed by atoms with Gasteiger partial charge in [-0.1, -0.05) is 121 Å². The number of aromatic nitrogens is 2. The Morgan fingerprint density at radius 3 is 1.45 bits per heavy atom. The molecule has 6 nitrogen and oxygen atoms in total. The summed E-state index contributed by atoms with van der Waals surface area (Å²) in [6, 6.07) is 44.7. The molecule has 0 bridgehead atoms. The summed E-state index contributed by atoms with van der Waals surface area (Å²) in [7, 11) is 0. The van der Waals surface area contributed by atoms with Gasteiger partial charge in [-0.25, -0.2) is 0 Å². The number of pyridine rings is 2. The summed E-state index contributed by atoms with van der Waals surface area (Å²) in [6.07, 6.45) is 8.54. The molecule has 0 unspecified atom stereocenters. The number of fused-ring (bicyclic) bond motifs is 8. The maximum atomic E-state index is 11.7. The molecule has 0 saturated carbocycles. The second-order valence-corrected chi connectivity index (χ2v) is 15.9. The van der Waals surface area contributed by atoms with Gasteiger partial charge in [0.1, 0.15) is 22.3 Å². The number of benzene rings is 8. The van der Waals surface area contributed by atoms with E-state index in [1.54, 1.807) is 0 Å². The van der Waals surface area contributed by atoms with Crippen LogP contribution in [0.25, 0.3) is 109 Å². The number of carbonyl (C=O) groups is 1. The van der Waals surface area contributed by atoms with Crippen molar-refractivity contribution in [1.29, 1.82) is 0 Å². The zero-order chi connectivity index (χ0) is 41.8. The minimum atomic E-state index is 0. The van der Waals surface area contributed by atoms with Gasteiger partial charge < -0.3 is 13.9 Å². The third-order valence-corrected chi connectivity index (χ3v) is 12.5. The summed E-state index contributed by atoms with van der Waals surface area (Å²) in [5.74, 6) is 0.547. The van der Waals surface area contributed by atoms with Crippen LogP contribution in [-0.2, 0) is 24.9 Å². The van der Waals surface area contributed by atoms with E-state index in [2.05, 4.69) is 94.9 Å². The van der Waals surface area contributed by atoms with Crippen LogP contribution in [0.1, 0.15) is 53.4 Å². The zero-order valence-electron chi connectivity index (χ0n) is 35.0. The van der Waals surface area contributed by atoms with Crippen molar-refractivity contribution >= 4 is 115 Å². The first-order chi connectivity index (χ1) is 29.9. The number of nitrogens with zero attached hydrogens (tertiary/aromatic N) is 2. The Bertz CT molecular complexity index is 3170. The van der Waals surface area contributed by atoms with E-state index >= 15 is 0 Å². The van der Waals surface area contributed by atoms with Crippen LogP contribution >= 0.6 is 0 Å². The van der Waals surface area contributed by atoms with E-state index in [0.29, 0.717) is 0 Å². The van der Waals surface area contributed by atoms with Gasteiger partial charge in [-0.2, -0.15) is 0 Å². The first kappa shape index (κ1) is 41.0. The fraction of sp³-hybridized carbons (Fsp3) is 0.182. The quantitative estimate of drug-likeness (QED) is 0.0563. The molecule has 1 N–H and O–H groups in total. The number of furan rings is 2. The number of aliphatic hydroxyl groups excluding tert-OH is 1. The number of allylic oxidation sites excluding steroid dienone is 2.